The average molecular weight is 580 g/mol. The van der Waals surface area contributed by atoms with Gasteiger partial charge in [-0.1, -0.05) is 98.6 Å². The van der Waals surface area contributed by atoms with Crippen LogP contribution in [0.15, 0.2) is 133 Å². The van der Waals surface area contributed by atoms with E-state index in [9.17, 15) is 0 Å². The van der Waals surface area contributed by atoms with Crippen molar-refractivity contribution in [3.05, 3.63) is 150 Å². The van der Waals surface area contributed by atoms with Crippen molar-refractivity contribution in [2.45, 2.75) is 40.0 Å². The Balaban J connectivity index is 1.18. The van der Waals surface area contributed by atoms with Crippen LogP contribution in [0.5, 0.6) is 0 Å². The fourth-order valence-corrected chi connectivity index (χ4v) is 6.73. The highest BCUT2D eigenvalue weighted by atomic mass is 15.1. The molecule has 0 spiro atoms. The maximum atomic E-state index is 2.39. The Bertz CT molecular complexity index is 2180. The van der Waals surface area contributed by atoms with Gasteiger partial charge in [0.15, 0.2) is 0 Å². The predicted molar refractivity (Wildman–Crippen MR) is 194 cm³/mol. The molecule has 0 heterocycles. The van der Waals surface area contributed by atoms with Gasteiger partial charge < -0.3 is 4.90 Å². The molecule has 1 nitrogen and oxygen atoms in total. The fourth-order valence-electron chi connectivity index (χ4n) is 6.73. The van der Waals surface area contributed by atoms with Crippen LogP contribution in [0.4, 0.5) is 17.1 Å². The molecule has 0 N–H and O–H groups in total. The molecule has 8 rings (SSSR count). The number of aryl methyl sites for hydroxylation is 2. The lowest BCUT2D eigenvalue weighted by molar-refractivity contribution is 0.590. The molecular weight excluding hydrogens is 542 g/mol. The van der Waals surface area contributed by atoms with E-state index in [-0.39, 0.29) is 5.41 Å². The molecule has 7 aromatic carbocycles. The zero-order chi connectivity index (χ0) is 30.9. The summed E-state index contributed by atoms with van der Waals surface area (Å²) in [5.74, 6) is 0. The minimum absolute atomic E-state index is 0.155. The molecule has 0 aliphatic heterocycles. The Morgan fingerprint density at radius 1 is 0.378 bits per heavy atom. The van der Waals surface area contributed by atoms with Crippen molar-refractivity contribution in [3.8, 4) is 33.4 Å². The van der Waals surface area contributed by atoms with E-state index in [2.05, 4.69) is 173 Å². The highest BCUT2D eigenvalue weighted by Crippen LogP contribution is 2.51. The quantitative estimate of drug-likeness (QED) is 0.200. The summed E-state index contributed by atoms with van der Waals surface area (Å²) in [5, 5.41) is 5.10. The summed E-state index contributed by atoms with van der Waals surface area (Å²) < 4.78 is 0. The number of nitrogens with zero attached hydrogens (tertiary/aromatic N) is 1. The maximum absolute atomic E-state index is 2.39. The fraction of sp³-hybridized carbons (Fsp3) is 0.136. The lowest BCUT2D eigenvalue weighted by Gasteiger charge is -2.28. The summed E-state index contributed by atoms with van der Waals surface area (Å²) in [6.45, 7) is 11.1. The van der Waals surface area contributed by atoms with Gasteiger partial charge in [-0.05, 0) is 146 Å². The van der Waals surface area contributed by atoms with Crippen LogP contribution in [0.25, 0.3) is 54.9 Å². The number of hydrogen-bond acceptors (Lipinski definition) is 1. The highest BCUT2D eigenvalue weighted by molar-refractivity contribution is 6.12. The van der Waals surface area contributed by atoms with Crippen molar-refractivity contribution in [3.63, 3.8) is 0 Å². The first-order chi connectivity index (χ1) is 21.7. The number of fused-ring (bicyclic) bond motifs is 6. The van der Waals surface area contributed by atoms with Gasteiger partial charge in [0.2, 0.25) is 0 Å². The first-order valence-electron chi connectivity index (χ1n) is 15.9. The van der Waals surface area contributed by atoms with Gasteiger partial charge in [0.1, 0.15) is 0 Å². The summed E-state index contributed by atoms with van der Waals surface area (Å²) >= 11 is 0. The molecule has 0 saturated heterocycles. The van der Waals surface area contributed by atoms with Crippen molar-refractivity contribution in [2.24, 2.45) is 0 Å². The maximum Gasteiger partial charge on any atom is 0.0468 e. The first kappa shape index (κ1) is 27.4. The third kappa shape index (κ3) is 4.80. The minimum Gasteiger partial charge on any atom is -0.310 e. The molecule has 0 fully saturated rings. The molecular formula is C44H37N. The molecule has 7 aromatic rings. The average Bonchev–Trinajstić information content (AvgIpc) is 3.04. The van der Waals surface area contributed by atoms with Crippen molar-refractivity contribution in [2.75, 3.05) is 4.90 Å². The highest BCUT2D eigenvalue weighted by Gasteiger charge is 2.24. The molecule has 0 saturated carbocycles. The van der Waals surface area contributed by atoms with Crippen LogP contribution in [0, 0.1) is 13.8 Å². The van der Waals surface area contributed by atoms with Crippen molar-refractivity contribution >= 4 is 38.6 Å². The second-order valence-corrected chi connectivity index (χ2v) is 13.7. The third-order valence-electron chi connectivity index (χ3n) is 9.44. The summed E-state index contributed by atoms with van der Waals surface area (Å²) in [7, 11) is 0. The van der Waals surface area contributed by atoms with Gasteiger partial charge in [-0.15, -0.1) is 0 Å². The summed E-state index contributed by atoms with van der Waals surface area (Å²) in [6, 6.07) is 49.9. The van der Waals surface area contributed by atoms with E-state index < -0.39 is 0 Å². The lowest BCUT2D eigenvalue weighted by atomic mass is 9.77. The Labute approximate surface area is 266 Å². The molecule has 0 aromatic heterocycles. The number of hydrogen-bond donors (Lipinski definition) is 0. The number of benzene rings is 7. The second kappa shape index (κ2) is 10.2. The smallest absolute Gasteiger partial charge is 0.0468 e. The normalized spacial score (nSPS) is 12.1. The van der Waals surface area contributed by atoms with Gasteiger partial charge in [-0.3, -0.25) is 0 Å². The molecule has 1 aliphatic carbocycles. The van der Waals surface area contributed by atoms with Crippen LogP contribution in [0.3, 0.4) is 0 Å². The van der Waals surface area contributed by atoms with Gasteiger partial charge in [-0.2, -0.15) is 0 Å². The second-order valence-electron chi connectivity index (χ2n) is 13.7. The largest absolute Gasteiger partial charge is 0.310 e. The minimum atomic E-state index is 0.155. The molecule has 0 radical (unpaired) electrons. The Hall–Kier alpha value is -5.14. The van der Waals surface area contributed by atoms with E-state index in [4.69, 9.17) is 0 Å². The van der Waals surface area contributed by atoms with Gasteiger partial charge >= 0.3 is 0 Å². The zero-order valence-electron chi connectivity index (χ0n) is 26.6. The molecule has 0 atom stereocenters. The van der Waals surface area contributed by atoms with E-state index in [0.29, 0.717) is 0 Å². The van der Waals surface area contributed by atoms with Crippen LogP contribution in [-0.4, -0.2) is 0 Å². The van der Waals surface area contributed by atoms with E-state index in [1.165, 1.54) is 71.6 Å². The standard InChI is InChI=1S/C44H37N/c1-28-6-17-37(18-7-28)45(38-19-8-29(2)9-20-38)39-21-14-33-25-41-40-24-32-11-10-31(30-12-15-36(16-13-30)44(3,4)5)22-34(32)26-42(40)43(41)27-35(33)23-39/h6-27H,1-5H3. The zero-order valence-corrected chi connectivity index (χ0v) is 26.6. The number of anilines is 3. The van der Waals surface area contributed by atoms with E-state index in [1.54, 1.807) is 0 Å². The van der Waals surface area contributed by atoms with Crippen LogP contribution < -0.4 is 4.90 Å². The van der Waals surface area contributed by atoms with Crippen LogP contribution in [0.2, 0.25) is 0 Å². The molecule has 218 valence electrons. The molecule has 0 bridgehead atoms. The monoisotopic (exact) mass is 579 g/mol. The van der Waals surface area contributed by atoms with Crippen molar-refractivity contribution < 1.29 is 0 Å². The molecule has 45 heavy (non-hydrogen) atoms. The Kier molecular flexibility index (Phi) is 6.22. The van der Waals surface area contributed by atoms with Crippen LogP contribution in [-0.2, 0) is 5.41 Å². The van der Waals surface area contributed by atoms with Gasteiger partial charge in [0.05, 0.1) is 0 Å². The summed E-state index contributed by atoms with van der Waals surface area (Å²) in [5.41, 5.74) is 15.4. The van der Waals surface area contributed by atoms with Gasteiger partial charge in [0, 0.05) is 17.1 Å². The van der Waals surface area contributed by atoms with E-state index in [0.717, 1.165) is 17.1 Å². The molecule has 1 aliphatic rings. The summed E-state index contributed by atoms with van der Waals surface area (Å²) in [6.07, 6.45) is 0. The van der Waals surface area contributed by atoms with Gasteiger partial charge in [-0.25, -0.2) is 0 Å². The lowest BCUT2D eigenvalue weighted by Crippen LogP contribution is -2.10. The van der Waals surface area contributed by atoms with Crippen LogP contribution in [0.1, 0.15) is 37.5 Å². The van der Waals surface area contributed by atoms with E-state index >= 15 is 0 Å². The third-order valence-corrected chi connectivity index (χ3v) is 9.44. The van der Waals surface area contributed by atoms with Crippen LogP contribution >= 0.6 is 0 Å². The van der Waals surface area contributed by atoms with Gasteiger partial charge in [0.25, 0.3) is 0 Å². The van der Waals surface area contributed by atoms with Crippen molar-refractivity contribution in [1.82, 2.24) is 0 Å². The predicted octanol–water partition coefficient (Wildman–Crippen LogP) is 12.7. The number of rotatable bonds is 4. The van der Waals surface area contributed by atoms with Crippen molar-refractivity contribution in [1.29, 1.82) is 0 Å². The topological polar surface area (TPSA) is 3.24 Å². The summed E-state index contributed by atoms with van der Waals surface area (Å²) in [4.78, 5) is 2.36. The molecule has 0 unspecified atom stereocenters. The molecule has 1 heteroatoms. The Morgan fingerprint density at radius 2 is 0.800 bits per heavy atom. The SMILES string of the molecule is Cc1ccc(N(c2ccc(C)cc2)c2ccc3cc4c(cc3c2)-c2cc3cc(-c5ccc(C(C)(C)C)cc5)ccc3cc2-4)cc1. The van der Waals surface area contributed by atoms with E-state index in [1.807, 2.05) is 0 Å². The first-order valence-corrected chi connectivity index (χ1v) is 15.9. The molecule has 0 amide bonds. The Morgan fingerprint density at radius 3 is 1.31 bits per heavy atom.